The van der Waals surface area contributed by atoms with E-state index in [2.05, 4.69) is 76.1 Å². The van der Waals surface area contributed by atoms with Gasteiger partial charge in [0.25, 0.3) is 0 Å². The monoisotopic (exact) mass is 376 g/mol. The van der Waals surface area contributed by atoms with Gasteiger partial charge in [0.1, 0.15) is 8.45 Å². The van der Waals surface area contributed by atoms with Crippen molar-refractivity contribution in [2.24, 2.45) is 0 Å². The van der Waals surface area contributed by atoms with Gasteiger partial charge in [-0.2, -0.15) is 4.67 Å². The summed E-state index contributed by atoms with van der Waals surface area (Å²) in [5.41, 5.74) is 3.62. The molecule has 138 valence electrons. The molecule has 0 aliphatic carbocycles. The van der Waals surface area contributed by atoms with Crippen LogP contribution in [0, 0.1) is 0 Å². The smallest absolute Gasteiger partial charge is 0.117 e. The summed E-state index contributed by atoms with van der Waals surface area (Å²) in [6, 6.07) is 31.4. The topological polar surface area (TPSA) is 29.5 Å². The highest BCUT2D eigenvalue weighted by Gasteiger charge is 2.40. The standard InChI is InChI=1S/C23H25N2OP/c26-27-24(18-21-12-6-2-7-13-21)23(17-16-20-10-4-1-5-11-20)19-25(27)22-14-8-3-9-15-22/h1-15,23,27H,16-19H2/t23-/m0/s1. The first-order valence-electron chi connectivity index (χ1n) is 9.52. The van der Waals surface area contributed by atoms with Gasteiger partial charge in [-0.1, -0.05) is 78.9 Å². The molecule has 1 heterocycles. The van der Waals surface area contributed by atoms with Crippen LogP contribution in [-0.2, 0) is 13.0 Å². The summed E-state index contributed by atoms with van der Waals surface area (Å²) in [7, 11) is -2.02. The fourth-order valence-electron chi connectivity index (χ4n) is 3.72. The van der Waals surface area contributed by atoms with Crippen molar-refractivity contribution in [2.45, 2.75) is 25.4 Å². The number of nitrogens with zero attached hydrogens (tertiary/aromatic N) is 2. The summed E-state index contributed by atoms with van der Waals surface area (Å²) < 4.78 is 4.32. The molecule has 2 atom stereocenters. The Morgan fingerprint density at radius 2 is 1.33 bits per heavy atom. The van der Waals surface area contributed by atoms with Gasteiger partial charge in [0, 0.05) is 0 Å². The zero-order valence-corrected chi connectivity index (χ0v) is 16.4. The largest absolute Gasteiger partial charge is 0.648 e. The lowest BCUT2D eigenvalue weighted by Gasteiger charge is -2.27. The fraction of sp³-hybridized carbons (Fsp3) is 0.217. The second-order valence-corrected chi connectivity index (χ2v) is 8.70. The van der Waals surface area contributed by atoms with E-state index in [1.165, 1.54) is 11.1 Å². The molecule has 1 fully saturated rings. The molecule has 4 heteroatoms. The van der Waals surface area contributed by atoms with Crippen molar-refractivity contribution >= 4 is 14.1 Å². The van der Waals surface area contributed by atoms with Crippen LogP contribution >= 0.6 is 8.45 Å². The van der Waals surface area contributed by atoms with Crippen molar-refractivity contribution in [2.75, 3.05) is 11.2 Å². The molecule has 0 aromatic heterocycles. The van der Waals surface area contributed by atoms with Gasteiger partial charge in [-0.3, -0.25) is 0 Å². The van der Waals surface area contributed by atoms with Gasteiger partial charge in [0.15, 0.2) is 0 Å². The highest BCUT2D eigenvalue weighted by Crippen LogP contribution is 2.48. The summed E-state index contributed by atoms with van der Waals surface area (Å²) in [4.78, 5) is 13.4. The maximum atomic E-state index is 13.4. The average Bonchev–Trinajstić information content (AvgIpc) is 3.04. The van der Waals surface area contributed by atoms with Crippen molar-refractivity contribution in [3.63, 3.8) is 0 Å². The van der Waals surface area contributed by atoms with Crippen LogP contribution in [0.4, 0.5) is 5.69 Å². The Labute approximate surface area is 162 Å². The second-order valence-electron chi connectivity index (χ2n) is 7.02. The minimum absolute atomic E-state index is 0.289. The van der Waals surface area contributed by atoms with Crippen LogP contribution in [0.1, 0.15) is 17.5 Å². The van der Waals surface area contributed by atoms with E-state index in [1.54, 1.807) is 0 Å². The van der Waals surface area contributed by atoms with E-state index in [9.17, 15) is 4.89 Å². The zero-order chi connectivity index (χ0) is 18.5. The highest BCUT2D eigenvalue weighted by atomic mass is 31.2. The molecule has 1 aliphatic rings. The van der Waals surface area contributed by atoms with E-state index >= 15 is 0 Å². The van der Waals surface area contributed by atoms with Crippen LogP contribution in [-0.4, -0.2) is 17.3 Å². The SMILES string of the molecule is [O-][PH+]1N(c2ccccc2)C[C@H](CCc2ccccc2)N1Cc1ccccc1. The highest BCUT2D eigenvalue weighted by molar-refractivity contribution is 7.49. The van der Waals surface area contributed by atoms with E-state index in [0.717, 1.165) is 31.6 Å². The Balaban J connectivity index is 1.53. The van der Waals surface area contributed by atoms with Crippen molar-refractivity contribution in [1.82, 2.24) is 4.67 Å². The molecular weight excluding hydrogens is 351 g/mol. The normalized spacial score (nSPS) is 20.1. The number of hydrogen-bond donors (Lipinski definition) is 0. The minimum Gasteiger partial charge on any atom is -0.648 e. The van der Waals surface area contributed by atoms with E-state index in [1.807, 2.05) is 24.3 Å². The Morgan fingerprint density at radius 3 is 1.96 bits per heavy atom. The maximum Gasteiger partial charge on any atom is 0.117 e. The molecule has 1 aliphatic heterocycles. The van der Waals surface area contributed by atoms with E-state index in [-0.39, 0.29) is 6.04 Å². The summed E-state index contributed by atoms with van der Waals surface area (Å²) in [5.74, 6) is 0. The van der Waals surface area contributed by atoms with Gasteiger partial charge < -0.3 is 4.89 Å². The number of hydrogen-bond acceptors (Lipinski definition) is 3. The van der Waals surface area contributed by atoms with Crippen molar-refractivity contribution in [1.29, 1.82) is 0 Å². The Bertz CT molecular complexity index is 829. The fourth-order valence-corrected chi connectivity index (χ4v) is 5.61. The molecule has 0 spiro atoms. The third kappa shape index (κ3) is 4.39. The Morgan fingerprint density at radius 1 is 0.778 bits per heavy atom. The summed E-state index contributed by atoms with van der Waals surface area (Å²) in [6.07, 6.45) is 2.02. The molecule has 27 heavy (non-hydrogen) atoms. The predicted molar refractivity (Wildman–Crippen MR) is 113 cm³/mol. The van der Waals surface area contributed by atoms with Gasteiger partial charge in [-0.25, -0.2) is 4.67 Å². The lowest BCUT2D eigenvalue weighted by Crippen LogP contribution is -2.29. The van der Waals surface area contributed by atoms with Gasteiger partial charge >= 0.3 is 0 Å². The third-order valence-electron chi connectivity index (χ3n) is 5.18. The van der Waals surface area contributed by atoms with Crippen LogP contribution < -0.4 is 9.56 Å². The molecule has 3 aromatic rings. The quantitative estimate of drug-likeness (QED) is 0.600. The Hall–Kier alpha value is -2.19. The van der Waals surface area contributed by atoms with Gasteiger partial charge in [-0.15, -0.1) is 0 Å². The van der Waals surface area contributed by atoms with Crippen molar-refractivity contribution in [3.8, 4) is 0 Å². The first-order valence-corrected chi connectivity index (χ1v) is 10.8. The van der Waals surface area contributed by atoms with Gasteiger partial charge in [0.05, 0.1) is 24.8 Å². The first kappa shape index (κ1) is 18.2. The number of aryl methyl sites for hydroxylation is 1. The molecule has 0 radical (unpaired) electrons. The molecule has 3 nitrogen and oxygen atoms in total. The van der Waals surface area contributed by atoms with Crippen LogP contribution in [0.2, 0.25) is 0 Å². The minimum atomic E-state index is -2.02. The van der Waals surface area contributed by atoms with E-state index in [4.69, 9.17) is 0 Å². The molecule has 0 N–H and O–H groups in total. The number of para-hydroxylation sites is 1. The third-order valence-corrected chi connectivity index (χ3v) is 7.10. The number of benzene rings is 3. The van der Waals surface area contributed by atoms with Crippen LogP contribution in [0.15, 0.2) is 91.0 Å². The molecular formula is C23H25N2OP. The second kappa shape index (κ2) is 8.67. The predicted octanol–water partition coefficient (Wildman–Crippen LogP) is 4.33. The molecule has 0 bridgehead atoms. The molecule has 0 amide bonds. The van der Waals surface area contributed by atoms with Crippen LogP contribution in [0.25, 0.3) is 0 Å². The number of anilines is 1. The Kier molecular flexibility index (Phi) is 5.84. The van der Waals surface area contributed by atoms with E-state index in [0.29, 0.717) is 0 Å². The first-order chi connectivity index (χ1) is 13.3. The van der Waals surface area contributed by atoms with Crippen LogP contribution in [0.5, 0.6) is 0 Å². The summed E-state index contributed by atoms with van der Waals surface area (Å²) in [5, 5.41) is 0. The number of rotatable bonds is 6. The van der Waals surface area contributed by atoms with E-state index < -0.39 is 8.45 Å². The molecule has 0 saturated carbocycles. The van der Waals surface area contributed by atoms with Crippen molar-refractivity contribution in [3.05, 3.63) is 102 Å². The lowest BCUT2D eigenvalue weighted by molar-refractivity contribution is -0.170. The van der Waals surface area contributed by atoms with Crippen LogP contribution in [0.3, 0.4) is 0 Å². The molecule has 1 unspecified atom stereocenters. The van der Waals surface area contributed by atoms with Crippen molar-refractivity contribution < 1.29 is 4.89 Å². The van der Waals surface area contributed by atoms with Gasteiger partial charge in [0.2, 0.25) is 0 Å². The summed E-state index contributed by atoms with van der Waals surface area (Å²) in [6.45, 7) is 1.56. The molecule has 1 saturated heterocycles. The maximum absolute atomic E-state index is 13.4. The average molecular weight is 376 g/mol. The lowest BCUT2D eigenvalue weighted by atomic mass is 10.0. The summed E-state index contributed by atoms with van der Waals surface area (Å²) >= 11 is 0. The van der Waals surface area contributed by atoms with Gasteiger partial charge in [-0.05, 0) is 36.1 Å². The zero-order valence-electron chi connectivity index (χ0n) is 15.4. The molecule has 4 rings (SSSR count). The molecule has 3 aromatic carbocycles.